The van der Waals surface area contributed by atoms with Gasteiger partial charge in [-0.3, -0.25) is 14.4 Å². The summed E-state index contributed by atoms with van der Waals surface area (Å²) in [4.78, 5) is 35.6. The lowest BCUT2D eigenvalue weighted by atomic mass is 10.2. The summed E-state index contributed by atoms with van der Waals surface area (Å²) in [5.74, 6) is -3.09. The zero-order valence-electron chi connectivity index (χ0n) is 16.6. The monoisotopic (exact) mass is 440 g/mol. The van der Waals surface area contributed by atoms with Crippen LogP contribution in [0.3, 0.4) is 0 Å². The van der Waals surface area contributed by atoms with Gasteiger partial charge in [-0.05, 0) is 48.5 Å². The Hall–Kier alpha value is -4.27. The lowest BCUT2D eigenvalue weighted by Crippen LogP contribution is -2.32. The third kappa shape index (κ3) is 6.63. The van der Waals surface area contributed by atoms with Gasteiger partial charge in [0.05, 0.1) is 0 Å². The van der Waals surface area contributed by atoms with Gasteiger partial charge in [-0.1, -0.05) is 18.2 Å². The minimum atomic E-state index is -1.12. The lowest BCUT2D eigenvalue weighted by molar-refractivity contribution is -0.146. The highest BCUT2D eigenvalue weighted by atomic mass is 19.2. The van der Waals surface area contributed by atoms with Crippen molar-refractivity contribution in [2.45, 2.75) is 0 Å². The fourth-order valence-electron chi connectivity index (χ4n) is 2.52. The van der Waals surface area contributed by atoms with E-state index in [2.05, 4.69) is 10.6 Å². The van der Waals surface area contributed by atoms with Crippen molar-refractivity contribution in [3.63, 3.8) is 0 Å². The van der Waals surface area contributed by atoms with E-state index in [1.54, 1.807) is 24.3 Å². The van der Waals surface area contributed by atoms with Gasteiger partial charge in [0.2, 0.25) is 0 Å². The number of para-hydroxylation sites is 1. The van der Waals surface area contributed by atoms with E-state index >= 15 is 0 Å². The zero-order valence-corrected chi connectivity index (χ0v) is 16.6. The molecule has 0 atom stereocenters. The molecule has 0 spiro atoms. The number of hydrogen-bond acceptors (Lipinski definition) is 5. The van der Waals surface area contributed by atoms with Gasteiger partial charge in [-0.25, -0.2) is 8.78 Å². The van der Waals surface area contributed by atoms with Crippen LogP contribution in [0.2, 0.25) is 0 Å². The van der Waals surface area contributed by atoms with Gasteiger partial charge < -0.3 is 20.1 Å². The Balaban J connectivity index is 1.40. The van der Waals surface area contributed by atoms with E-state index in [4.69, 9.17) is 9.47 Å². The molecule has 0 bridgehead atoms. The summed E-state index contributed by atoms with van der Waals surface area (Å²) < 4.78 is 36.4. The second-order valence-electron chi connectivity index (χ2n) is 6.46. The van der Waals surface area contributed by atoms with Crippen molar-refractivity contribution < 1.29 is 32.6 Å². The Morgan fingerprint density at radius 2 is 1.50 bits per heavy atom. The smallest absolute Gasteiger partial charge is 0.325 e. The van der Waals surface area contributed by atoms with E-state index in [0.717, 1.165) is 18.2 Å². The van der Waals surface area contributed by atoms with Crippen LogP contribution in [0.5, 0.6) is 11.5 Å². The van der Waals surface area contributed by atoms with E-state index in [0.29, 0.717) is 17.1 Å². The maximum absolute atomic E-state index is 13.1. The van der Waals surface area contributed by atoms with Gasteiger partial charge in [0.15, 0.2) is 18.2 Å². The van der Waals surface area contributed by atoms with Crippen molar-refractivity contribution in [1.82, 2.24) is 5.32 Å². The van der Waals surface area contributed by atoms with Crippen molar-refractivity contribution in [2.75, 3.05) is 18.5 Å². The molecule has 164 valence electrons. The summed E-state index contributed by atoms with van der Waals surface area (Å²) in [7, 11) is 0. The van der Waals surface area contributed by atoms with Crippen LogP contribution in [0, 0.1) is 11.6 Å². The topological polar surface area (TPSA) is 93.7 Å². The first kappa shape index (κ1) is 22.4. The number of carbonyl (C=O) groups excluding carboxylic acids is 3. The minimum Gasteiger partial charge on any atom is -0.457 e. The van der Waals surface area contributed by atoms with Crippen molar-refractivity contribution in [1.29, 1.82) is 0 Å². The molecule has 7 nitrogen and oxygen atoms in total. The molecule has 9 heteroatoms. The van der Waals surface area contributed by atoms with Crippen LogP contribution in [0.25, 0.3) is 0 Å². The highest BCUT2D eigenvalue weighted by Crippen LogP contribution is 2.21. The summed E-state index contributed by atoms with van der Waals surface area (Å²) in [6, 6.07) is 18.2. The number of anilines is 1. The van der Waals surface area contributed by atoms with Crippen molar-refractivity contribution >= 4 is 23.5 Å². The molecule has 3 aromatic rings. The first-order chi connectivity index (χ1) is 15.4. The van der Waals surface area contributed by atoms with E-state index in [1.807, 2.05) is 18.2 Å². The van der Waals surface area contributed by atoms with Gasteiger partial charge in [0, 0.05) is 17.3 Å². The van der Waals surface area contributed by atoms with Gasteiger partial charge in [-0.2, -0.15) is 0 Å². The van der Waals surface area contributed by atoms with Gasteiger partial charge in [0.25, 0.3) is 11.8 Å². The molecule has 3 aromatic carbocycles. The number of hydrogen-bond donors (Lipinski definition) is 2. The lowest BCUT2D eigenvalue weighted by Gasteiger charge is -2.09. The Bertz CT molecular complexity index is 1110. The van der Waals surface area contributed by atoms with Crippen LogP contribution >= 0.6 is 0 Å². The van der Waals surface area contributed by atoms with Gasteiger partial charge >= 0.3 is 5.97 Å². The number of esters is 1. The minimum absolute atomic E-state index is 0.0120. The molecule has 32 heavy (non-hydrogen) atoms. The summed E-state index contributed by atoms with van der Waals surface area (Å²) in [6.07, 6.45) is 0. The molecule has 0 radical (unpaired) electrons. The number of halogens is 2. The normalized spacial score (nSPS) is 10.2. The highest BCUT2D eigenvalue weighted by Gasteiger charge is 2.12. The molecule has 0 aliphatic rings. The molecule has 0 aromatic heterocycles. The van der Waals surface area contributed by atoms with Gasteiger partial charge in [0.1, 0.15) is 18.0 Å². The molecular weight excluding hydrogens is 422 g/mol. The average Bonchev–Trinajstić information content (AvgIpc) is 2.80. The third-order valence-corrected chi connectivity index (χ3v) is 4.06. The molecule has 2 N–H and O–H groups in total. The fraction of sp³-hybridized carbons (Fsp3) is 0.0870. The second kappa shape index (κ2) is 10.7. The predicted octanol–water partition coefficient (Wildman–Crippen LogP) is 3.67. The highest BCUT2D eigenvalue weighted by molar-refractivity contribution is 5.96. The Kier molecular flexibility index (Phi) is 7.47. The summed E-state index contributed by atoms with van der Waals surface area (Å²) in [5.41, 5.74) is 0.312. The molecule has 0 saturated carbocycles. The number of benzene rings is 3. The summed E-state index contributed by atoms with van der Waals surface area (Å²) in [6.45, 7) is -1.11. The van der Waals surface area contributed by atoms with E-state index in [9.17, 15) is 23.2 Å². The summed E-state index contributed by atoms with van der Waals surface area (Å²) in [5, 5.41) is 4.63. The molecular formula is C23H18F2N2O5. The number of carbonyl (C=O) groups is 3. The van der Waals surface area contributed by atoms with Crippen LogP contribution in [-0.2, 0) is 14.3 Å². The molecule has 0 fully saturated rings. The Morgan fingerprint density at radius 1 is 0.812 bits per heavy atom. The van der Waals surface area contributed by atoms with Gasteiger partial charge in [-0.15, -0.1) is 0 Å². The first-order valence-corrected chi connectivity index (χ1v) is 9.42. The summed E-state index contributed by atoms with van der Waals surface area (Å²) >= 11 is 0. The number of amides is 2. The van der Waals surface area contributed by atoms with Crippen LogP contribution < -0.4 is 15.4 Å². The Morgan fingerprint density at radius 3 is 2.19 bits per heavy atom. The fourth-order valence-corrected chi connectivity index (χ4v) is 2.52. The second-order valence-corrected chi connectivity index (χ2v) is 6.46. The molecule has 0 heterocycles. The standard InChI is InChI=1S/C23H18F2N2O5/c24-19-11-8-16(12-20(19)25)27-21(28)14-31-22(29)13-26-23(30)15-6-9-18(10-7-15)32-17-4-2-1-3-5-17/h1-12H,13-14H2,(H,26,30)(H,27,28). The molecule has 0 saturated heterocycles. The van der Waals surface area contributed by atoms with Crippen LogP contribution in [0.1, 0.15) is 10.4 Å². The first-order valence-electron chi connectivity index (χ1n) is 9.42. The zero-order chi connectivity index (χ0) is 22.9. The maximum Gasteiger partial charge on any atom is 0.325 e. The molecule has 0 aliphatic heterocycles. The van der Waals surface area contributed by atoms with E-state index < -0.39 is 42.6 Å². The predicted molar refractivity (Wildman–Crippen MR) is 111 cm³/mol. The molecule has 2 amide bonds. The number of ether oxygens (including phenoxy) is 2. The molecule has 0 aliphatic carbocycles. The van der Waals surface area contributed by atoms with Crippen molar-refractivity contribution in [3.05, 3.63) is 90.0 Å². The van der Waals surface area contributed by atoms with E-state index in [-0.39, 0.29) is 5.69 Å². The quantitative estimate of drug-likeness (QED) is 0.522. The largest absolute Gasteiger partial charge is 0.457 e. The third-order valence-electron chi connectivity index (χ3n) is 4.06. The number of nitrogens with one attached hydrogen (secondary N) is 2. The molecule has 3 rings (SSSR count). The van der Waals surface area contributed by atoms with E-state index in [1.165, 1.54) is 12.1 Å². The van der Waals surface area contributed by atoms with Crippen LogP contribution in [0.15, 0.2) is 72.8 Å². The van der Waals surface area contributed by atoms with Crippen molar-refractivity contribution in [2.24, 2.45) is 0 Å². The Labute approximate surface area is 182 Å². The molecule has 0 unspecified atom stereocenters. The SMILES string of the molecule is O=C(COC(=O)CNC(=O)c1ccc(Oc2ccccc2)cc1)Nc1ccc(F)c(F)c1. The number of rotatable bonds is 8. The maximum atomic E-state index is 13.1. The van der Waals surface area contributed by atoms with Crippen molar-refractivity contribution in [3.8, 4) is 11.5 Å². The average molecular weight is 440 g/mol. The van der Waals surface area contributed by atoms with Crippen LogP contribution in [0.4, 0.5) is 14.5 Å². The van der Waals surface area contributed by atoms with Crippen LogP contribution in [-0.4, -0.2) is 30.9 Å².